The summed E-state index contributed by atoms with van der Waals surface area (Å²) in [6, 6.07) is 20.4. The van der Waals surface area contributed by atoms with Gasteiger partial charge in [0.2, 0.25) is 0 Å². The minimum absolute atomic E-state index is 0.0517. The van der Waals surface area contributed by atoms with E-state index in [9.17, 15) is 9.59 Å². The second-order valence-corrected chi connectivity index (χ2v) is 12.4. The molecule has 1 fully saturated rings. The van der Waals surface area contributed by atoms with Gasteiger partial charge in [-0.05, 0) is 59.4 Å². The minimum Gasteiger partial charge on any atom is -0.321 e. The van der Waals surface area contributed by atoms with Gasteiger partial charge in [0, 0.05) is 66.0 Å². The van der Waals surface area contributed by atoms with Crippen molar-refractivity contribution in [3.05, 3.63) is 127 Å². The van der Waals surface area contributed by atoms with Gasteiger partial charge in [0.15, 0.2) is 0 Å². The lowest BCUT2D eigenvalue weighted by Crippen LogP contribution is -2.25. The summed E-state index contributed by atoms with van der Waals surface area (Å²) in [5, 5.41) is 5.04. The molecular formula is C37H32ClN5O2. The third kappa shape index (κ3) is 4.78. The molecule has 0 aliphatic heterocycles. The van der Waals surface area contributed by atoms with Crippen LogP contribution in [0.3, 0.4) is 0 Å². The lowest BCUT2D eigenvalue weighted by molar-refractivity contribution is 0.523. The van der Waals surface area contributed by atoms with E-state index in [0.717, 1.165) is 69.6 Å². The van der Waals surface area contributed by atoms with Crippen LogP contribution < -0.4 is 16.4 Å². The molecule has 4 heterocycles. The molecule has 3 N–H and O–H groups in total. The van der Waals surface area contributed by atoms with Crippen LogP contribution in [-0.2, 0) is 25.3 Å². The molecule has 0 spiro atoms. The van der Waals surface area contributed by atoms with Gasteiger partial charge < -0.3 is 15.3 Å². The average Bonchev–Trinajstić information content (AvgIpc) is 3.83. The largest absolute Gasteiger partial charge is 0.321 e. The summed E-state index contributed by atoms with van der Waals surface area (Å²) >= 11 is 6.02. The molecule has 0 atom stereocenters. The van der Waals surface area contributed by atoms with E-state index in [0.29, 0.717) is 22.7 Å². The number of alkyl halides is 1. The number of aromatic amines is 2. The maximum Gasteiger partial charge on any atom is 0.257 e. The Bertz CT molecular complexity index is 2230. The molecule has 6 aromatic rings. The van der Waals surface area contributed by atoms with Crippen molar-refractivity contribution in [1.82, 2.24) is 25.3 Å². The van der Waals surface area contributed by atoms with Gasteiger partial charge in [0.1, 0.15) is 0 Å². The van der Waals surface area contributed by atoms with Gasteiger partial charge in [-0.25, -0.2) is 0 Å². The van der Waals surface area contributed by atoms with Gasteiger partial charge in [0.05, 0.1) is 33.2 Å². The molecule has 0 saturated heterocycles. The molecule has 1 saturated carbocycles. The van der Waals surface area contributed by atoms with Crippen molar-refractivity contribution in [2.45, 2.75) is 57.0 Å². The highest BCUT2D eigenvalue weighted by molar-refractivity contribution is 6.17. The van der Waals surface area contributed by atoms with Gasteiger partial charge in [-0.3, -0.25) is 19.6 Å². The van der Waals surface area contributed by atoms with Crippen molar-refractivity contribution < 1.29 is 0 Å². The Hall–Kier alpha value is -4.59. The van der Waals surface area contributed by atoms with Crippen LogP contribution in [0.25, 0.3) is 44.3 Å². The number of H-pyrrole nitrogens is 2. The Morgan fingerprint density at radius 2 is 1.22 bits per heavy atom. The first-order chi connectivity index (χ1) is 22.1. The summed E-state index contributed by atoms with van der Waals surface area (Å²) in [5.74, 6) is 0.479. The number of rotatable bonds is 4. The number of fused-ring (bicyclic) bond motifs is 10. The molecule has 9 rings (SSSR count). The van der Waals surface area contributed by atoms with Crippen molar-refractivity contribution in [3.8, 4) is 22.5 Å². The van der Waals surface area contributed by atoms with E-state index in [1.165, 1.54) is 42.4 Å². The average molecular weight is 614 g/mol. The van der Waals surface area contributed by atoms with E-state index in [1.807, 2.05) is 36.4 Å². The number of halogens is 1. The number of pyridine rings is 4. The summed E-state index contributed by atoms with van der Waals surface area (Å²) in [6.45, 7) is 0.900. The third-order valence-corrected chi connectivity index (χ3v) is 9.92. The number of benzene rings is 2. The van der Waals surface area contributed by atoms with Crippen molar-refractivity contribution in [3.63, 3.8) is 0 Å². The van der Waals surface area contributed by atoms with Crippen LogP contribution in [-0.4, -0.2) is 26.0 Å². The van der Waals surface area contributed by atoms with Crippen LogP contribution in [0.15, 0.2) is 82.6 Å². The van der Waals surface area contributed by atoms with Crippen LogP contribution in [0, 0.1) is 0 Å². The highest BCUT2D eigenvalue weighted by Crippen LogP contribution is 2.40. The molecule has 0 amide bonds. The summed E-state index contributed by atoms with van der Waals surface area (Å²) in [7, 11) is 0. The zero-order valence-electron chi connectivity index (χ0n) is 24.8. The predicted molar refractivity (Wildman–Crippen MR) is 180 cm³/mol. The molecule has 2 aromatic carbocycles. The molecule has 0 radical (unpaired) electrons. The molecule has 3 aliphatic rings. The summed E-state index contributed by atoms with van der Waals surface area (Å²) in [4.78, 5) is 39.6. The lowest BCUT2D eigenvalue weighted by Gasteiger charge is -2.14. The maximum absolute atomic E-state index is 12.4. The van der Waals surface area contributed by atoms with Gasteiger partial charge in [-0.1, -0.05) is 49.2 Å². The Morgan fingerprint density at radius 1 is 0.689 bits per heavy atom. The van der Waals surface area contributed by atoms with Crippen LogP contribution in [0.5, 0.6) is 0 Å². The predicted octanol–water partition coefficient (Wildman–Crippen LogP) is 6.76. The Balaban J connectivity index is 0.000000137. The van der Waals surface area contributed by atoms with Crippen LogP contribution in [0.1, 0.15) is 59.1 Å². The summed E-state index contributed by atoms with van der Waals surface area (Å²) < 4.78 is 0. The monoisotopic (exact) mass is 613 g/mol. The number of aromatic nitrogens is 4. The first kappa shape index (κ1) is 27.9. The van der Waals surface area contributed by atoms with Crippen molar-refractivity contribution in [2.24, 2.45) is 0 Å². The molecule has 224 valence electrons. The normalized spacial score (nSPS) is 14.6. The Kier molecular flexibility index (Phi) is 7.07. The van der Waals surface area contributed by atoms with Gasteiger partial charge in [0.25, 0.3) is 11.1 Å². The smallest absolute Gasteiger partial charge is 0.257 e. The minimum atomic E-state index is -0.0871. The standard InChI is InChI=1S/C21H21N3O.C16H11ClN2O/c25-21-16-9-4-10-22-19(16)18-11-17-13(12-23-14-6-1-2-7-14)5-3-8-15(17)20(18)24-21;17-8-9-3-1-4-10-12(9)7-13-14-11(5-2-6-18-14)16(20)19-15(10)13/h3-5,8-10,14,23H,1-2,6-7,11-12H2,(H,24,25);1-6H,7-8H2,(H,19,20). The van der Waals surface area contributed by atoms with Gasteiger partial charge in [-0.15, -0.1) is 11.6 Å². The second-order valence-electron chi connectivity index (χ2n) is 12.2. The fourth-order valence-electron chi connectivity index (χ4n) is 7.40. The number of hydrogen-bond donors (Lipinski definition) is 3. The first-order valence-corrected chi connectivity index (χ1v) is 16.2. The Morgan fingerprint density at radius 3 is 1.78 bits per heavy atom. The van der Waals surface area contributed by atoms with Crippen LogP contribution >= 0.6 is 11.6 Å². The summed E-state index contributed by atoms with van der Waals surface area (Å²) in [5.41, 5.74) is 12.8. The van der Waals surface area contributed by atoms with E-state index >= 15 is 0 Å². The zero-order valence-corrected chi connectivity index (χ0v) is 25.5. The molecule has 7 nitrogen and oxygen atoms in total. The van der Waals surface area contributed by atoms with Crippen molar-refractivity contribution in [2.75, 3.05) is 0 Å². The van der Waals surface area contributed by atoms with Gasteiger partial charge >= 0.3 is 0 Å². The van der Waals surface area contributed by atoms with Crippen molar-refractivity contribution in [1.29, 1.82) is 0 Å². The highest BCUT2D eigenvalue weighted by atomic mass is 35.5. The van der Waals surface area contributed by atoms with Crippen LogP contribution in [0.2, 0.25) is 0 Å². The fourth-order valence-corrected chi connectivity index (χ4v) is 7.65. The molecule has 8 heteroatoms. The topological polar surface area (TPSA) is 104 Å². The molecule has 4 aromatic heterocycles. The number of nitrogens with zero attached hydrogens (tertiary/aromatic N) is 2. The fraction of sp³-hybridized carbons (Fsp3) is 0.243. The summed E-state index contributed by atoms with van der Waals surface area (Å²) in [6.07, 6.45) is 10.4. The highest BCUT2D eigenvalue weighted by Gasteiger charge is 2.26. The van der Waals surface area contributed by atoms with E-state index in [4.69, 9.17) is 11.6 Å². The third-order valence-electron chi connectivity index (χ3n) is 9.63. The Labute approximate surface area is 264 Å². The number of hydrogen-bond acceptors (Lipinski definition) is 5. The quantitative estimate of drug-likeness (QED) is 0.190. The molecule has 3 aliphatic carbocycles. The van der Waals surface area contributed by atoms with E-state index in [2.05, 4.69) is 43.5 Å². The lowest BCUT2D eigenvalue weighted by atomic mass is 10.0. The molecule has 45 heavy (non-hydrogen) atoms. The van der Waals surface area contributed by atoms with Crippen molar-refractivity contribution >= 4 is 33.4 Å². The molecule has 0 bridgehead atoms. The molecular weight excluding hydrogens is 582 g/mol. The first-order valence-electron chi connectivity index (χ1n) is 15.6. The van der Waals surface area contributed by atoms with E-state index in [-0.39, 0.29) is 11.1 Å². The second kappa shape index (κ2) is 11.4. The maximum atomic E-state index is 12.4. The van der Waals surface area contributed by atoms with E-state index in [1.54, 1.807) is 18.5 Å². The van der Waals surface area contributed by atoms with E-state index < -0.39 is 0 Å². The zero-order chi connectivity index (χ0) is 30.5. The van der Waals surface area contributed by atoms with Crippen LogP contribution in [0.4, 0.5) is 0 Å². The van der Waals surface area contributed by atoms with Gasteiger partial charge in [-0.2, -0.15) is 0 Å². The molecule has 0 unspecified atom stereocenters. The SMILES string of the molecule is O=c1[nH]c2c(c3ncccc13)Cc1c(CCl)cccc1-2.O=c1[nH]c2c(c3ncccc13)Cc1c(CNC3CCCC3)cccc1-2. The number of nitrogens with one attached hydrogen (secondary N) is 3.